The van der Waals surface area contributed by atoms with Crippen LogP contribution >= 0.6 is 0 Å². The van der Waals surface area contributed by atoms with E-state index in [-0.39, 0.29) is 12.1 Å². The summed E-state index contributed by atoms with van der Waals surface area (Å²) in [7, 11) is 0. The second-order valence-corrected chi connectivity index (χ2v) is 10.4. The Morgan fingerprint density at radius 1 is 0.781 bits per heavy atom. The van der Waals surface area contributed by atoms with Crippen LogP contribution in [0.4, 0.5) is 4.39 Å². The predicted molar refractivity (Wildman–Crippen MR) is 132 cm³/mol. The van der Waals surface area contributed by atoms with Gasteiger partial charge in [-0.05, 0) is 67.6 Å². The van der Waals surface area contributed by atoms with Crippen molar-refractivity contribution in [2.45, 2.75) is 122 Å². The van der Waals surface area contributed by atoms with Gasteiger partial charge in [-0.1, -0.05) is 77.3 Å². The van der Waals surface area contributed by atoms with Crippen LogP contribution in [-0.4, -0.2) is 19.5 Å². The van der Waals surface area contributed by atoms with Crippen LogP contribution in [0.1, 0.15) is 121 Å². The molecule has 0 N–H and O–H groups in total. The molecule has 1 aliphatic carbocycles. The molecule has 0 atom stereocenters. The molecule has 0 amide bonds. The van der Waals surface area contributed by atoms with Gasteiger partial charge in [-0.2, -0.15) is 0 Å². The Morgan fingerprint density at radius 2 is 1.47 bits per heavy atom. The van der Waals surface area contributed by atoms with E-state index in [1.807, 2.05) is 12.1 Å². The first-order valence-corrected chi connectivity index (χ1v) is 13.7. The molecule has 1 aromatic carbocycles. The summed E-state index contributed by atoms with van der Waals surface area (Å²) in [6, 6.07) is 5.99. The monoisotopic (exact) mass is 446 g/mol. The summed E-state index contributed by atoms with van der Waals surface area (Å²) in [5.41, 5.74) is 2.00. The molecule has 2 nitrogen and oxygen atoms in total. The third kappa shape index (κ3) is 8.45. The van der Waals surface area contributed by atoms with Crippen LogP contribution in [0.15, 0.2) is 18.2 Å². The van der Waals surface area contributed by atoms with Crippen molar-refractivity contribution in [3.63, 3.8) is 0 Å². The number of aryl methyl sites for hydroxylation is 1. The van der Waals surface area contributed by atoms with Crippen molar-refractivity contribution in [1.29, 1.82) is 0 Å². The fraction of sp³-hybridized carbons (Fsp3) is 0.793. The Balaban J connectivity index is 1.35. The molecule has 2 fully saturated rings. The number of hydrogen-bond donors (Lipinski definition) is 0. The standard InChI is InChI=1S/C29H47FO2/c1-3-5-7-8-9-11-24-21-31-29(32-22-24)19-18-26-16-17-27(20-28(26)30)25-14-12-23(13-15-25)10-6-4-2/h16-17,20,23-25,29H,3-15,18-19,21-22H2,1-2H3/t23-,24?,25-,29?. The van der Waals surface area contributed by atoms with E-state index in [1.165, 1.54) is 89.0 Å². The highest BCUT2D eigenvalue weighted by Gasteiger charge is 2.24. The molecule has 3 rings (SSSR count). The minimum absolute atomic E-state index is 0.0450. The van der Waals surface area contributed by atoms with E-state index < -0.39 is 0 Å². The van der Waals surface area contributed by atoms with Gasteiger partial charge in [0.15, 0.2) is 6.29 Å². The minimum Gasteiger partial charge on any atom is -0.352 e. The molecular formula is C29H47FO2. The number of ether oxygens (including phenoxy) is 2. The van der Waals surface area contributed by atoms with Gasteiger partial charge in [0.1, 0.15) is 5.82 Å². The van der Waals surface area contributed by atoms with Crippen molar-refractivity contribution < 1.29 is 13.9 Å². The summed E-state index contributed by atoms with van der Waals surface area (Å²) >= 11 is 0. The largest absolute Gasteiger partial charge is 0.352 e. The highest BCUT2D eigenvalue weighted by Crippen LogP contribution is 2.38. The van der Waals surface area contributed by atoms with E-state index in [9.17, 15) is 4.39 Å². The molecule has 1 heterocycles. The SMILES string of the molecule is CCCCCCCC1COC(CCc2ccc([C@H]3CC[C@H](CCCC)CC3)cc2F)OC1. The Bertz CT molecular complexity index is 630. The topological polar surface area (TPSA) is 18.5 Å². The highest BCUT2D eigenvalue weighted by atomic mass is 19.1. The lowest BCUT2D eigenvalue weighted by atomic mass is 9.77. The van der Waals surface area contributed by atoms with Crippen LogP contribution in [0.5, 0.6) is 0 Å². The van der Waals surface area contributed by atoms with E-state index in [4.69, 9.17) is 9.47 Å². The lowest BCUT2D eigenvalue weighted by molar-refractivity contribution is -0.203. The quantitative estimate of drug-likeness (QED) is 0.282. The summed E-state index contributed by atoms with van der Waals surface area (Å²) in [5, 5.41) is 0. The first kappa shape index (κ1) is 25.7. The number of unbranched alkanes of at least 4 members (excludes halogenated alkanes) is 5. The van der Waals surface area contributed by atoms with E-state index in [2.05, 4.69) is 19.9 Å². The van der Waals surface area contributed by atoms with Crippen LogP contribution in [0, 0.1) is 17.7 Å². The van der Waals surface area contributed by atoms with Gasteiger partial charge in [0.2, 0.25) is 0 Å². The van der Waals surface area contributed by atoms with Crippen LogP contribution in [0.3, 0.4) is 0 Å². The lowest BCUT2D eigenvalue weighted by Gasteiger charge is -2.30. The average molecular weight is 447 g/mol. The molecule has 182 valence electrons. The molecular weight excluding hydrogens is 399 g/mol. The highest BCUT2D eigenvalue weighted by molar-refractivity contribution is 5.27. The van der Waals surface area contributed by atoms with Gasteiger partial charge in [-0.25, -0.2) is 4.39 Å². The predicted octanol–water partition coefficient (Wildman–Crippen LogP) is 8.57. The molecule has 1 aromatic rings. The number of benzene rings is 1. The first-order chi connectivity index (χ1) is 15.7. The van der Waals surface area contributed by atoms with Crippen LogP contribution in [-0.2, 0) is 15.9 Å². The maximum Gasteiger partial charge on any atom is 0.157 e. The molecule has 3 heteroatoms. The molecule has 1 aliphatic heterocycles. The minimum atomic E-state index is -0.177. The third-order valence-corrected chi connectivity index (χ3v) is 7.76. The summed E-state index contributed by atoms with van der Waals surface area (Å²) in [6.07, 6.45) is 18.1. The molecule has 1 saturated carbocycles. The molecule has 0 unspecified atom stereocenters. The van der Waals surface area contributed by atoms with Gasteiger partial charge >= 0.3 is 0 Å². The first-order valence-electron chi connectivity index (χ1n) is 13.7. The molecule has 0 spiro atoms. The summed E-state index contributed by atoms with van der Waals surface area (Å²) in [4.78, 5) is 0. The zero-order valence-electron chi connectivity index (χ0n) is 20.8. The maximum atomic E-state index is 14.8. The molecule has 32 heavy (non-hydrogen) atoms. The zero-order valence-corrected chi connectivity index (χ0v) is 20.8. The zero-order chi connectivity index (χ0) is 22.6. The summed E-state index contributed by atoms with van der Waals surface area (Å²) in [5.74, 6) is 1.92. The number of halogens is 1. The molecule has 0 aromatic heterocycles. The van der Waals surface area contributed by atoms with Crippen molar-refractivity contribution in [3.8, 4) is 0 Å². The number of rotatable bonds is 13. The van der Waals surface area contributed by atoms with Crippen molar-refractivity contribution in [2.24, 2.45) is 11.8 Å². The molecule has 0 radical (unpaired) electrons. The second kappa shape index (κ2) is 14.4. The van der Waals surface area contributed by atoms with E-state index in [1.54, 1.807) is 0 Å². The van der Waals surface area contributed by atoms with E-state index in [0.29, 0.717) is 18.3 Å². The van der Waals surface area contributed by atoms with Gasteiger partial charge in [-0.3, -0.25) is 0 Å². The van der Waals surface area contributed by atoms with Crippen LogP contribution in [0.25, 0.3) is 0 Å². The van der Waals surface area contributed by atoms with Crippen molar-refractivity contribution in [1.82, 2.24) is 0 Å². The van der Waals surface area contributed by atoms with Crippen molar-refractivity contribution in [2.75, 3.05) is 13.2 Å². The number of hydrogen-bond acceptors (Lipinski definition) is 2. The second-order valence-electron chi connectivity index (χ2n) is 10.4. The van der Waals surface area contributed by atoms with Gasteiger partial charge in [0, 0.05) is 12.3 Å². The smallest absolute Gasteiger partial charge is 0.157 e. The Kier molecular flexibility index (Phi) is 11.5. The van der Waals surface area contributed by atoms with Crippen molar-refractivity contribution >= 4 is 0 Å². The van der Waals surface area contributed by atoms with Gasteiger partial charge in [0.25, 0.3) is 0 Å². The molecule has 0 bridgehead atoms. The third-order valence-electron chi connectivity index (χ3n) is 7.76. The van der Waals surface area contributed by atoms with E-state index >= 15 is 0 Å². The normalized spacial score (nSPS) is 26.3. The molecule has 2 aliphatic rings. The van der Waals surface area contributed by atoms with Crippen LogP contribution in [0.2, 0.25) is 0 Å². The molecule has 1 saturated heterocycles. The van der Waals surface area contributed by atoms with Gasteiger partial charge < -0.3 is 9.47 Å². The maximum absolute atomic E-state index is 14.8. The van der Waals surface area contributed by atoms with Crippen molar-refractivity contribution in [3.05, 3.63) is 35.1 Å². The lowest BCUT2D eigenvalue weighted by Crippen LogP contribution is -2.32. The Labute approximate surface area is 196 Å². The van der Waals surface area contributed by atoms with Crippen LogP contribution < -0.4 is 0 Å². The van der Waals surface area contributed by atoms with Gasteiger partial charge in [-0.15, -0.1) is 0 Å². The summed E-state index contributed by atoms with van der Waals surface area (Å²) < 4.78 is 26.7. The fourth-order valence-electron chi connectivity index (χ4n) is 5.52. The van der Waals surface area contributed by atoms with Gasteiger partial charge in [0.05, 0.1) is 13.2 Å². The summed E-state index contributed by atoms with van der Waals surface area (Å²) in [6.45, 7) is 6.11. The Hall–Kier alpha value is -0.930. The average Bonchev–Trinajstić information content (AvgIpc) is 2.83. The Morgan fingerprint density at radius 3 is 2.16 bits per heavy atom. The van der Waals surface area contributed by atoms with E-state index in [0.717, 1.165) is 31.1 Å². The fourth-order valence-corrected chi connectivity index (χ4v) is 5.52.